The molecule has 1 aromatic heterocycles. The summed E-state index contributed by atoms with van der Waals surface area (Å²) in [4.78, 5) is 16.9. The fraction of sp³-hybridized carbons (Fsp3) is 0.0217. The third-order valence-electron chi connectivity index (χ3n) is 10.9. The van der Waals surface area contributed by atoms with E-state index in [1.807, 2.05) is 65.5 Å². The van der Waals surface area contributed by atoms with Gasteiger partial charge in [-0.2, -0.15) is 4.57 Å². The van der Waals surface area contributed by atoms with Crippen molar-refractivity contribution in [3.8, 4) is 22.4 Å². The number of aromatic nitrogens is 2. The van der Waals surface area contributed by atoms with Gasteiger partial charge in [-0.05, 0) is 23.3 Å². The van der Waals surface area contributed by atoms with Crippen molar-refractivity contribution in [2.24, 2.45) is 0 Å². The molecule has 0 fully saturated rings. The molecule has 360 valence electrons. The molecule has 0 unspecified atom stereocenters. The quantitative estimate of drug-likeness (QED) is 0.0380. The second kappa shape index (κ2) is 19.0. The van der Waals surface area contributed by atoms with Gasteiger partial charge in [-0.15, -0.1) is 21.9 Å². The van der Waals surface area contributed by atoms with Crippen molar-refractivity contribution in [1.29, 1.82) is 0 Å². The summed E-state index contributed by atoms with van der Waals surface area (Å²) in [5.41, 5.74) is -9.33. The van der Waals surface area contributed by atoms with Crippen LogP contribution in [0.15, 0.2) is 91.4 Å². The first-order valence-corrected chi connectivity index (χ1v) is 19.2. The van der Waals surface area contributed by atoms with Gasteiger partial charge >= 0.3 is 0 Å². The van der Waals surface area contributed by atoms with Crippen LogP contribution >= 0.6 is 0 Å². The first-order chi connectivity index (χ1) is 33.0. The summed E-state index contributed by atoms with van der Waals surface area (Å²) in [7, 11) is 0. The highest BCUT2D eigenvalue weighted by molar-refractivity contribution is 7.20. The summed E-state index contributed by atoms with van der Waals surface area (Å²) in [6.07, 6.45) is -1.72. The summed E-state index contributed by atoms with van der Waals surface area (Å²) in [6.45, 7) is 0.300. The Morgan fingerprint density at radius 2 is 0.671 bits per heavy atom. The maximum absolute atomic E-state index is 15.4. The number of Topliss-reactive ketones (excluding diaryl/α,β-unsaturated/α-hetero) is 1. The molecule has 2 aliphatic rings. The van der Waals surface area contributed by atoms with Crippen molar-refractivity contribution in [2.45, 2.75) is 6.54 Å². The normalized spacial score (nSPS) is 11.5. The number of fused-ring (bicyclic) bond motifs is 1. The van der Waals surface area contributed by atoms with Gasteiger partial charge in [0.05, 0.1) is 6.20 Å². The minimum Gasteiger partial charge on any atom is -0.287 e. The van der Waals surface area contributed by atoms with Crippen molar-refractivity contribution in [3.63, 3.8) is 0 Å². The molecule has 6 aromatic rings. The van der Waals surface area contributed by atoms with Crippen LogP contribution in [0.2, 0.25) is 0 Å². The third-order valence-corrected chi connectivity index (χ3v) is 10.9. The van der Waals surface area contributed by atoms with Crippen molar-refractivity contribution < 1.29 is 97.2 Å². The van der Waals surface area contributed by atoms with E-state index in [1.54, 1.807) is 6.20 Å². The van der Waals surface area contributed by atoms with Crippen molar-refractivity contribution in [2.75, 3.05) is 0 Å². The molecule has 1 heterocycles. The molecule has 0 atom stereocenters. The van der Waals surface area contributed by atoms with Crippen LogP contribution < -0.4 is 26.4 Å². The van der Waals surface area contributed by atoms with Crippen LogP contribution in [0.5, 0.6) is 0 Å². The number of carbonyl (C=O) groups is 1. The molecular formula is C46H17BF20N2O. The zero-order valence-corrected chi connectivity index (χ0v) is 33.8. The van der Waals surface area contributed by atoms with Crippen LogP contribution in [0.1, 0.15) is 10.4 Å². The number of carbonyl (C=O) groups excluding carboxylic acids is 1. The highest BCUT2D eigenvalue weighted by atomic mass is 19.2. The summed E-state index contributed by atoms with van der Waals surface area (Å²) in [5.74, 6) is -71.3. The monoisotopic (exact) mass is 1000 g/mol. The van der Waals surface area contributed by atoms with Crippen LogP contribution in [0.3, 0.4) is 0 Å². The average Bonchev–Trinajstić information content (AvgIpc) is 3.64. The Labute approximate surface area is 377 Å². The Balaban J connectivity index is 0.000000242. The van der Waals surface area contributed by atoms with E-state index in [2.05, 4.69) is 29.2 Å². The van der Waals surface area contributed by atoms with E-state index in [9.17, 15) is 57.5 Å². The number of nitrogens with zero attached hydrogens (tertiary/aromatic N) is 2. The highest BCUT2D eigenvalue weighted by Crippen LogP contribution is 2.32. The Morgan fingerprint density at radius 1 is 0.386 bits per heavy atom. The van der Waals surface area contributed by atoms with E-state index >= 15 is 35.1 Å². The maximum atomic E-state index is 15.4. The summed E-state index contributed by atoms with van der Waals surface area (Å²) < 4.78 is 296. The summed E-state index contributed by atoms with van der Waals surface area (Å²) in [5, 5.41) is 0. The summed E-state index contributed by atoms with van der Waals surface area (Å²) >= 11 is 0. The molecule has 0 saturated carbocycles. The fourth-order valence-corrected chi connectivity index (χ4v) is 7.80. The average molecular weight is 1000 g/mol. The molecule has 0 bridgehead atoms. The topological polar surface area (TPSA) is 33.8 Å². The fourth-order valence-electron chi connectivity index (χ4n) is 7.80. The predicted molar refractivity (Wildman–Crippen MR) is 206 cm³/mol. The standard InChI is InChI=1S/C24BF20.C22H17N2O/c26-5-1(6(27)14(35)21(42)13(5)34)25(2-7(28)15(36)22(43)16(37)8(2)29,3-9(30)17(38)23(44)18(39)10(3)31)4-11(32)19(40)24(45)20(41)12(4)33;25-22(17-7-3-1-4-8-17)16-24-12-11-23-21(15-24)20-13-18-9-5-2-6-10-19(18)14-20/h;1-15H,16H2/q-1;+1. The SMILES string of the molecule is Fc1c(F)c(F)c([B-](c2c(F)c(F)c(F)c(F)c2F)(c2c(F)c(F)c(F)c(F)c2F)c2c(F)c(F)c(F)c(F)c2F)c(F)c1F.O=C(C[n+]1ccnc(-c2cc3cccccc-3c2)c1)c1ccccc1. The maximum Gasteiger partial charge on any atom is 0.227 e. The number of rotatable bonds is 8. The largest absolute Gasteiger partial charge is 0.287 e. The highest BCUT2D eigenvalue weighted by Gasteiger charge is 2.52. The van der Waals surface area contributed by atoms with Crippen LogP contribution in [-0.2, 0) is 6.54 Å². The first-order valence-electron chi connectivity index (χ1n) is 19.2. The van der Waals surface area contributed by atoms with Crippen LogP contribution in [0.25, 0.3) is 22.4 Å². The lowest BCUT2D eigenvalue weighted by Crippen LogP contribution is -2.81. The smallest absolute Gasteiger partial charge is 0.227 e. The molecule has 3 nitrogen and oxygen atoms in total. The van der Waals surface area contributed by atoms with Crippen LogP contribution in [0, 0.1) is 116 Å². The van der Waals surface area contributed by atoms with E-state index in [4.69, 9.17) is 0 Å². The molecule has 0 spiro atoms. The molecule has 0 aliphatic heterocycles. The molecule has 0 saturated heterocycles. The molecule has 5 aromatic carbocycles. The van der Waals surface area contributed by atoms with Gasteiger partial charge in [-0.25, -0.2) is 92.8 Å². The lowest BCUT2D eigenvalue weighted by molar-refractivity contribution is -0.683. The molecule has 2 aliphatic carbocycles. The number of benzene rings is 5. The second-order valence-electron chi connectivity index (χ2n) is 14.8. The van der Waals surface area contributed by atoms with Gasteiger partial charge in [0, 0.05) is 11.1 Å². The van der Waals surface area contributed by atoms with E-state index in [0.29, 0.717) is 6.54 Å². The van der Waals surface area contributed by atoms with Gasteiger partial charge in [0.15, 0.2) is 82.2 Å². The van der Waals surface area contributed by atoms with Crippen LogP contribution in [0.4, 0.5) is 87.8 Å². The second-order valence-corrected chi connectivity index (χ2v) is 14.8. The predicted octanol–water partition coefficient (Wildman–Crippen LogP) is 9.87. The zero-order valence-electron chi connectivity index (χ0n) is 33.8. The molecular weight excluding hydrogens is 987 g/mol. The Morgan fingerprint density at radius 3 is 0.986 bits per heavy atom. The van der Waals surface area contributed by atoms with Crippen molar-refractivity contribution in [1.82, 2.24) is 4.98 Å². The van der Waals surface area contributed by atoms with E-state index in [-0.39, 0.29) is 5.78 Å². The van der Waals surface area contributed by atoms with E-state index in [0.717, 1.165) is 16.8 Å². The number of ketones is 1. The van der Waals surface area contributed by atoms with Gasteiger partial charge < -0.3 is 0 Å². The first kappa shape index (κ1) is 50.1. The molecule has 0 radical (unpaired) electrons. The Bertz CT molecular complexity index is 2980. The number of hydrogen-bond donors (Lipinski definition) is 0. The lowest BCUT2D eigenvalue weighted by Gasteiger charge is -2.44. The molecule has 70 heavy (non-hydrogen) atoms. The Hall–Kier alpha value is -7.79. The van der Waals surface area contributed by atoms with Crippen molar-refractivity contribution >= 4 is 33.8 Å². The van der Waals surface area contributed by atoms with Crippen molar-refractivity contribution in [3.05, 3.63) is 213 Å². The van der Waals surface area contributed by atoms with E-state index < -0.39 is 144 Å². The van der Waals surface area contributed by atoms with Gasteiger partial charge in [0.2, 0.25) is 12.3 Å². The molecule has 0 N–H and O–H groups in total. The van der Waals surface area contributed by atoms with Crippen LogP contribution in [-0.4, -0.2) is 16.9 Å². The Kier molecular flexibility index (Phi) is 13.6. The van der Waals surface area contributed by atoms with Gasteiger partial charge in [-0.1, -0.05) is 60.7 Å². The molecule has 0 amide bonds. The lowest BCUT2D eigenvalue weighted by atomic mass is 9.12. The third kappa shape index (κ3) is 8.02. The molecule has 24 heteroatoms. The van der Waals surface area contributed by atoms with Gasteiger partial charge in [-0.3, -0.25) is 4.79 Å². The number of hydrogen-bond acceptors (Lipinski definition) is 2. The minimum absolute atomic E-state index is 0.0856. The minimum atomic E-state index is -7.22. The molecule has 8 rings (SSSR count). The zero-order chi connectivity index (χ0) is 51.4. The van der Waals surface area contributed by atoms with Gasteiger partial charge in [0.1, 0.15) is 58.4 Å². The van der Waals surface area contributed by atoms with Gasteiger partial charge in [0.25, 0.3) is 0 Å². The van der Waals surface area contributed by atoms with E-state index in [1.165, 1.54) is 11.1 Å². The summed E-state index contributed by atoms with van der Waals surface area (Å²) in [6, 6.07) is 23.9. The number of halogens is 20.